The smallest absolute Gasteiger partial charge is 0.107 e. The second kappa shape index (κ2) is 12.0. The molecule has 14 heavy (non-hydrogen) atoms. The van der Waals surface area contributed by atoms with Gasteiger partial charge in [0, 0.05) is 13.2 Å². The third kappa shape index (κ3) is 11.0. The van der Waals surface area contributed by atoms with E-state index in [0.29, 0.717) is 13.2 Å². The first-order valence-corrected chi connectivity index (χ1v) is 4.86. The van der Waals surface area contributed by atoms with Crippen molar-refractivity contribution in [1.82, 2.24) is 0 Å². The third-order valence-corrected chi connectivity index (χ3v) is 1.53. The quantitative estimate of drug-likeness (QED) is 0.455. The van der Waals surface area contributed by atoms with Crippen molar-refractivity contribution in [3.05, 3.63) is 0 Å². The second-order valence-electron chi connectivity index (χ2n) is 2.67. The summed E-state index contributed by atoms with van der Waals surface area (Å²) in [5.41, 5.74) is 0. The molecular weight excluding hydrogens is 176 g/mol. The van der Waals surface area contributed by atoms with Crippen molar-refractivity contribution in [2.24, 2.45) is 0 Å². The van der Waals surface area contributed by atoms with Crippen LogP contribution in [-0.4, -0.2) is 26.4 Å². The Balaban J connectivity index is 2.96. The van der Waals surface area contributed by atoms with E-state index in [2.05, 4.69) is 23.7 Å². The lowest BCUT2D eigenvalue weighted by molar-refractivity contribution is 0.132. The highest BCUT2D eigenvalue weighted by Gasteiger charge is 1.88. The van der Waals surface area contributed by atoms with Crippen LogP contribution in [0.25, 0.3) is 0 Å². The van der Waals surface area contributed by atoms with Gasteiger partial charge in [0.1, 0.15) is 13.2 Å². The summed E-state index contributed by atoms with van der Waals surface area (Å²) in [5, 5.41) is 0. The van der Waals surface area contributed by atoms with Gasteiger partial charge in [0.05, 0.1) is 0 Å². The minimum Gasteiger partial charge on any atom is -0.369 e. The minimum atomic E-state index is 0.540. The standard InChI is InChI=1S/C12H18O2/c1-3-5-9-13-11-7-8-12-14-10-6-4-2/h7-12H2,1-2H3. The Kier molecular flexibility index (Phi) is 11.2. The monoisotopic (exact) mass is 194 g/mol. The molecule has 0 spiro atoms. The fourth-order valence-electron chi connectivity index (χ4n) is 0.799. The van der Waals surface area contributed by atoms with Gasteiger partial charge in [-0.1, -0.05) is 11.8 Å². The second-order valence-corrected chi connectivity index (χ2v) is 2.67. The predicted molar refractivity (Wildman–Crippen MR) is 57.8 cm³/mol. The van der Waals surface area contributed by atoms with E-state index in [-0.39, 0.29) is 0 Å². The minimum absolute atomic E-state index is 0.540. The van der Waals surface area contributed by atoms with Gasteiger partial charge in [-0.15, -0.1) is 11.8 Å². The van der Waals surface area contributed by atoms with Crippen LogP contribution < -0.4 is 0 Å². The molecule has 0 bridgehead atoms. The van der Waals surface area contributed by atoms with Crippen LogP contribution in [0.2, 0.25) is 0 Å². The zero-order valence-electron chi connectivity index (χ0n) is 9.06. The number of unbranched alkanes of at least 4 members (excludes halogenated alkanes) is 1. The number of hydrogen-bond acceptors (Lipinski definition) is 2. The third-order valence-electron chi connectivity index (χ3n) is 1.53. The van der Waals surface area contributed by atoms with Gasteiger partial charge in [0.2, 0.25) is 0 Å². The van der Waals surface area contributed by atoms with Gasteiger partial charge in [-0.25, -0.2) is 0 Å². The fraction of sp³-hybridized carbons (Fsp3) is 0.667. The molecule has 0 unspecified atom stereocenters. The van der Waals surface area contributed by atoms with E-state index in [1.165, 1.54) is 0 Å². The Hall–Kier alpha value is -0.960. The van der Waals surface area contributed by atoms with Crippen molar-refractivity contribution in [3.63, 3.8) is 0 Å². The average molecular weight is 194 g/mol. The highest BCUT2D eigenvalue weighted by molar-refractivity contribution is 4.95. The Morgan fingerprint density at radius 3 is 1.57 bits per heavy atom. The van der Waals surface area contributed by atoms with Crippen LogP contribution in [0.15, 0.2) is 0 Å². The fourth-order valence-corrected chi connectivity index (χ4v) is 0.799. The molecule has 0 rings (SSSR count). The van der Waals surface area contributed by atoms with Gasteiger partial charge in [0.15, 0.2) is 0 Å². The molecule has 0 N–H and O–H groups in total. The lowest BCUT2D eigenvalue weighted by Gasteiger charge is -2.00. The van der Waals surface area contributed by atoms with Gasteiger partial charge >= 0.3 is 0 Å². The molecule has 0 aliphatic heterocycles. The van der Waals surface area contributed by atoms with Crippen LogP contribution in [0.4, 0.5) is 0 Å². The van der Waals surface area contributed by atoms with Crippen LogP contribution in [0.5, 0.6) is 0 Å². The van der Waals surface area contributed by atoms with E-state index in [1.54, 1.807) is 0 Å². The summed E-state index contributed by atoms with van der Waals surface area (Å²) in [5.74, 6) is 11.2. The molecule has 0 radical (unpaired) electrons. The van der Waals surface area contributed by atoms with Crippen molar-refractivity contribution < 1.29 is 9.47 Å². The molecule has 0 amide bonds. The summed E-state index contributed by atoms with van der Waals surface area (Å²) in [7, 11) is 0. The van der Waals surface area contributed by atoms with Gasteiger partial charge in [-0.2, -0.15) is 0 Å². The van der Waals surface area contributed by atoms with E-state index in [4.69, 9.17) is 9.47 Å². The maximum atomic E-state index is 5.24. The highest BCUT2D eigenvalue weighted by Crippen LogP contribution is 1.90. The van der Waals surface area contributed by atoms with Crippen molar-refractivity contribution in [3.8, 4) is 23.7 Å². The maximum absolute atomic E-state index is 5.24. The van der Waals surface area contributed by atoms with E-state index in [9.17, 15) is 0 Å². The SMILES string of the molecule is CC#CCOCCCCOCC#CC. The topological polar surface area (TPSA) is 18.5 Å². The predicted octanol–water partition coefficient (Wildman–Crippen LogP) is 1.85. The summed E-state index contributed by atoms with van der Waals surface area (Å²) >= 11 is 0. The van der Waals surface area contributed by atoms with Gasteiger partial charge < -0.3 is 9.47 Å². The Morgan fingerprint density at radius 2 is 1.21 bits per heavy atom. The van der Waals surface area contributed by atoms with Crippen molar-refractivity contribution in [1.29, 1.82) is 0 Å². The van der Waals surface area contributed by atoms with Gasteiger partial charge in [0.25, 0.3) is 0 Å². The normalized spacial score (nSPS) is 8.43. The highest BCUT2D eigenvalue weighted by atomic mass is 16.5. The molecule has 0 atom stereocenters. The molecule has 0 saturated heterocycles. The van der Waals surface area contributed by atoms with Gasteiger partial charge in [-0.05, 0) is 26.7 Å². The van der Waals surface area contributed by atoms with Crippen LogP contribution in [0.3, 0.4) is 0 Å². The molecule has 78 valence electrons. The average Bonchev–Trinajstić information content (AvgIpc) is 2.21. The van der Waals surface area contributed by atoms with Crippen molar-refractivity contribution in [2.45, 2.75) is 26.7 Å². The number of ether oxygens (including phenoxy) is 2. The van der Waals surface area contributed by atoms with Crippen molar-refractivity contribution in [2.75, 3.05) is 26.4 Å². The van der Waals surface area contributed by atoms with Crippen LogP contribution in [0, 0.1) is 23.7 Å². The lowest BCUT2D eigenvalue weighted by Crippen LogP contribution is -1.99. The van der Waals surface area contributed by atoms with E-state index in [1.807, 2.05) is 13.8 Å². The molecule has 0 saturated carbocycles. The zero-order chi connectivity index (χ0) is 10.5. The largest absolute Gasteiger partial charge is 0.369 e. The molecule has 0 aliphatic carbocycles. The molecule has 0 aromatic rings. The molecule has 0 aliphatic rings. The lowest BCUT2D eigenvalue weighted by atomic mass is 10.3. The Labute approximate surface area is 87.0 Å². The molecule has 0 heterocycles. The summed E-state index contributed by atoms with van der Waals surface area (Å²) in [6.45, 7) is 6.23. The van der Waals surface area contributed by atoms with Crippen LogP contribution in [-0.2, 0) is 9.47 Å². The molecule has 0 aromatic carbocycles. The zero-order valence-corrected chi connectivity index (χ0v) is 9.06. The summed E-state index contributed by atoms with van der Waals surface area (Å²) < 4.78 is 10.5. The Morgan fingerprint density at radius 1 is 0.786 bits per heavy atom. The van der Waals surface area contributed by atoms with E-state index >= 15 is 0 Å². The first-order chi connectivity index (χ1) is 6.91. The number of hydrogen-bond donors (Lipinski definition) is 0. The van der Waals surface area contributed by atoms with Crippen molar-refractivity contribution >= 4 is 0 Å². The summed E-state index contributed by atoms with van der Waals surface area (Å²) in [4.78, 5) is 0. The van der Waals surface area contributed by atoms with E-state index in [0.717, 1.165) is 26.1 Å². The molecule has 0 fully saturated rings. The maximum Gasteiger partial charge on any atom is 0.107 e. The first kappa shape index (κ1) is 13.0. The molecular formula is C12H18O2. The van der Waals surface area contributed by atoms with E-state index < -0.39 is 0 Å². The summed E-state index contributed by atoms with van der Waals surface area (Å²) in [6.07, 6.45) is 2.04. The molecule has 2 heteroatoms. The molecule has 2 nitrogen and oxygen atoms in total. The molecule has 0 aromatic heterocycles. The van der Waals surface area contributed by atoms with Gasteiger partial charge in [-0.3, -0.25) is 0 Å². The van der Waals surface area contributed by atoms with Crippen LogP contribution in [0.1, 0.15) is 26.7 Å². The summed E-state index contributed by atoms with van der Waals surface area (Å²) in [6, 6.07) is 0. The number of rotatable bonds is 7. The Bertz CT molecular complexity index is 198. The van der Waals surface area contributed by atoms with Crippen LogP contribution >= 0.6 is 0 Å². The first-order valence-electron chi connectivity index (χ1n) is 4.86.